The minimum Gasteiger partial charge on any atom is -0.354 e. The average Bonchev–Trinajstić information content (AvgIpc) is 2.46. The first kappa shape index (κ1) is 14.1. The van der Waals surface area contributed by atoms with Gasteiger partial charge in [0.25, 0.3) is 0 Å². The number of likely N-dealkylation sites (N-methyl/N-ethyl adjacent to an activating group) is 1. The van der Waals surface area contributed by atoms with Gasteiger partial charge >= 0.3 is 0 Å². The van der Waals surface area contributed by atoms with E-state index >= 15 is 0 Å². The Bertz CT molecular complexity index is 432. The van der Waals surface area contributed by atoms with Crippen molar-refractivity contribution in [2.45, 2.75) is 26.7 Å². The van der Waals surface area contributed by atoms with Crippen molar-refractivity contribution in [3.8, 4) is 0 Å². The Balaban J connectivity index is 2.19. The van der Waals surface area contributed by atoms with Crippen LogP contribution in [0.25, 0.3) is 6.08 Å². The first-order valence-electron chi connectivity index (χ1n) is 7.25. The lowest BCUT2D eigenvalue weighted by atomic mass is 10.0. The highest BCUT2D eigenvalue weighted by atomic mass is 15.3. The molecule has 1 fully saturated rings. The van der Waals surface area contributed by atoms with Crippen LogP contribution in [0.3, 0.4) is 0 Å². The first-order chi connectivity index (χ1) is 9.13. The summed E-state index contributed by atoms with van der Waals surface area (Å²) in [6, 6.07) is 4.38. The van der Waals surface area contributed by atoms with Gasteiger partial charge in [-0.05, 0) is 36.2 Å². The molecule has 0 spiro atoms. The van der Waals surface area contributed by atoms with Gasteiger partial charge in [-0.15, -0.1) is 0 Å². The maximum atomic E-state index is 4.70. The lowest BCUT2D eigenvalue weighted by Gasteiger charge is -2.35. The zero-order valence-corrected chi connectivity index (χ0v) is 12.4. The van der Waals surface area contributed by atoms with Gasteiger partial charge < -0.3 is 9.80 Å². The Morgan fingerprint density at radius 3 is 2.47 bits per heavy atom. The van der Waals surface area contributed by atoms with Crippen LogP contribution >= 0.6 is 0 Å². The van der Waals surface area contributed by atoms with E-state index in [9.17, 15) is 0 Å². The zero-order valence-electron chi connectivity index (χ0n) is 12.4. The molecule has 0 aromatic carbocycles. The SMILES string of the molecule is C=Cc1cc(C(C)C)cc(N2CCN(CC)CC2)n1. The van der Waals surface area contributed by atoms with Crippen molar-refractivity contribution in [1.29, 1.82) is 0 Å². The van der Waals surface area contributed by atoms with Crippen molar-refractivity contribution in [3.63, 3.8) is 0 Å². The highest BCUT2D eigenvalue weighted by molar-refractivity contribution is 5.52. The fourth-order valence-corrected chi connectivity index (χ4v) is 2.45. The minimum atomic E-state index is 0.525. The van der Waals surface area contributed by atoms with Gasteiger partial charge in [-0.3, -0.25) is 0 Å². The van der Waals surface area contributed by atoms with Crippen LogP contribution in [0.1, 0.15) is 37.9 Å². The fourth-order valence-electron chi connectivity index (χ4n) is 2.45. The third-order valence-corrected chi connectivity index (χ3v) is 3.87. The van der Waals surface area contributed by atoms with Crippen molar-refractivity contribution in [2.24, 2.45) is 0 Å². The van der Waals surface area contributed by atoms with Gasteiger partial charge in [0.2, 0.25) is 0 Å². The average molecular weight is 259 g/mol. The Morgan fingerprint density at radius 2 is 1.95 bits per heavy atom. The summed E-state index contributed by atoms with van der Waals surface area (Å²) in [7, 11) is 0. The summed E-state index contributed by atoms with van der Waals surface area (Å²) in [4.78, 5) is 9.58. The molecule has 3 heteroatoms. The smallest absolute Gasteiger partial charge is 0.129 e. The molecule has 0 radical (unpaired) electrons. The molecule has 0 saturated carbocycles. The van der Waals surface area contributed by atoms with E-state index in [0.29, 0.717) is 5.92 Å². The van der Waals surface area contributed by atoms with Crippen molar-refractivity contribution < 1.29 is 0 Å². The summed E-state index contributed by atoms with van der Waals surface area (Å²) in [6.45, 7) is 16.1. The topological polar surface area (TPSA) is 19.4 Å². The summed E-state index contributed by atoms with van der Waals surface area (Å²) in [5.74, 6) is 1.63. The second-order valence-corrected chi connectivity index (χ2v) is 5.46. The van der Waals surface area contributed by atoms with E-state index in [-0.39, 0.29) is 0 Å². The van der Waals surface area contributed by atoms with Gasteiger partial charge in [-0.25, -0.2) is 4.98 Å². The highest BCUT2D eigenvalue weighted by Gasteiger charge is 2.17. The lowest BCUT2D eigenvalue weighted by Crippen LogP contribution is -2.46. The summed E-state index contributed by atoms with van der Waals surface area (Å²) in [5, 5.41) is 0. The fraction of sp³-hybridized carbons (Fsp3) is 0.562. The van der Waals surface area contributed by atoms with Crippen molar-refractivity contribution in [2.75, 3.05) is 37.6 Å². The molecule has 0 aliphatic carbocycles. The normalized spacial score (nSPS) is 16.9. The Morgan fingerprint density at radius 1 is 1.26 bits per heavy atom. The van der Waals surface area contributed by atoms with Crippen LogP contribution in [-0.4, -0.2) is 42.6 Å². The van der Waals surface area contributed by atoms with E-state index < -0.39 is 0 Å². The molecule has 0 N–H and O–H groups in total. The van der Waals surface area contributed by atoms with Gasteiger partial charge in [-0.1, -0.05) is 27.4 Å². The maximum Gasteiger partial charge on any atom is 0.129 e. The molecule has 3 nitrogen and oxygen atoms in total. The molecule has 19 heavy (non-hydrogen) atoms. The molecule has 1 saturated heterocycles. The summed E-state index contributed by atoms with van der Waals surface area (Å²) >= 11 is 0. The van der Waals surface area contributed by atoms with Gasteiger partial charge in [0, 0.05) is 26.2 Å². The monoisotopic (exact) mass is 259 g/mol. The second-order valence-electron chi connectivity index (χ2n) is 5.46. The molecule has 2 rings (SSSR count). The lowest BCUT2D eigenvalue weighted by molar-refractivity contribution is 0.270. The number of hydrogen-bond donors (Lipinski definition) is 0. The van der Waals surface area contributed by atoms with E-state index in [1.54, 1.807) is 0 Å². The van der Waals surface area contributed by atoms with E-state index in [1.165, 1.54) is 5.56 Å². The van der Waals surface area contributed by atoms with Crippen molar-refractivity contribution in [3.05, 3.63) is 30.0 Å². The highest BCUT2D eigenvalue weighted by Crippen LogP contribution is 2.22. The number of piperazine rings is 1. The molecule has 104 valence electrons. The van der Waals surface area contributed by atoms with E-state index in [0.717, 1.165) is 44.2 Å². The van der Waals surface area contributed by atoms with Crippen LogP contribution in [0.15, 0.2) is 18.7 Å². The molecule has 0 amide bonds. The van der Waals surface area contributed by atoms with Gasteiger partial charge in [0.15, 0.2) is 0 Å². The number of anilines is 1. The molecule has 0 atom stereocenters. The molecule has 1 aliphatic heterocycles. The zero-order chi connectivity index (χ0) is 13.8. The molecule has 2 heterocycles. The standard InChI is InChI=1S/C16H25N3/c1-5-15-11-14(13(3)4)12-16(17-15)19-9-7-18(6-2)8-10-19/h5,11-13H,1,6-10H2,2-4H3. The largest absolute Gasteiger partial charge is 0.354 e. The summed E-state index contributed by atoms with van der Waals surface area (Å²) in [6.07, 6.45) is 1.84. The maximum absolute atomic E-state index is 4.70. The second kappa shape index (κ2) is 6.20. The Labute approximate surface area is 116 Å². The van der Waals surface area contributed by atoms with Crippen LogP contribution in [-0.2, 0) is 0 Å². The van der Waals surface area contributed by atoms with Crippen LogP contribution in [0.5, 0.6) is 0 Å². The molecule has 1 aliphatic rings. The van der Waals surface area contributed by atoms with Gasteiger partial charge in [0.05, 0.1) is 5.69 Å². The first-order valence-corrected chi connectivity index (χ1v) is 7.25. The van der Waals surface area contributed by atoms with E-state index in [4.69, 9.17) is 4.98 Å². The Kier molecular flexibility index (Phi) is 4.59. The van der Waals surface area contributed by atoms with Gasteiger partial charge in [0.1, 0.15) is 5.82 Å². The Hall–Kier alpha value is -1.35. The molecular weight excluding hydrogens is 234 g/mol. The number of hydrogen-bond acceptors (Lipinski definition) is 3. The van der Waals surface area contributed by atoms with Crippen molar-refractivity contribution >= 4 is 11.9 Å². The molecule has 1 aromatic heterocycles. The predicted octanol–water partition coefficient (Wildman–Crippen LogP) is 2.99. The predicted molar refractivity (Wildman–Crippen MR) is 82.7 cm³/mol. The number of nitrogens with zero attached hydrogens (tertiary/aromatic N) is 3. The summed E-state index contributed by atoms with van der Waals surface area (Å²) < 4.78 is 0. The van der Waals surface area contributed by atoms with Crippen LogP contribution in [0.4, 0.5) is 5.82 Å². The molecule has 0 unspecified atom stereocenters. The minimum absolute atomic E-state index is 0.525. The number of rotatable bonds is 4. The molecule has 1 aromatic rings. The van der Waals surface area contributed by atoms with Crippen LogP contribution in [0.2, 0.25) is 0 Å². The quantitative estimate of drug-likeness (QED) is 0.828. The van der Waals surface area contributed by atoms with E-state index in [2.05, 4.69) is 49.3 Å². The van der Waals surface area contributed by atoms with Crippen molar-refractivity contribution in [1.82, 2.24) is 9.88 Å². The van der Waals surface area contributed by atoms with Crippen LogP contribution < -0.4 is 4.90 Å². The summed E-state index contributed by atoms with van der Waals surface area (Å²) in [5.41, 5.74) is 2.33. The molecular formula is C16H25N3. The van der Waals surface area contributed by atoms with E-state index in [1.807, 2.05) is 6.08 Å². The molecule has 0 bridgehead atoms. The van der Waals surface area contributed by atoms with Crippen LogP contribution in [0, 0.1) is 0 Å². The number of pyridine rings is 1. The van der Waals surface area contributed by atoms with Gasteiger partial charge in [-0.2, -0.15) is 0 Å². The third kappa shape index (κ3) is 3.35. The number of aromatic nitrogens is 1. The third-order valence-electron chi connectivity index (χ3n) is 3.87.